The molecule has 0 bridgehead atoms. The molecular formula is C73H143N2O6P. The average Bonchev–Trinajstić information content (AvgIpc) is 3.47. The van der Waals surface area contributed by atoms with Crippen LogP contribution in [0.3, 0.4) is 0 Å². The first-order valence-electron chi connectivity index (χ1n) is 36.3. The van der Waals surface area contributed by atoms with Gasteiger partial charge in [0, 0.05) is 6.42 Å². The zero-order valence-electron chi connectivity index (χ0n) is 55.7. The quantitative estimate of drug-likeness (QED) is 0.0272. The Labute approximate surface area is 512 Å². The number of amides is 1. The van der Waals surface area contributed by atoms with Crippen LogP contribution in [-0.4, -0.2) is 68.5 Å². The van der Waals surface area contributed by atoms with Crippen LogP contribution in [0.4, 0.5) is 0 Å². The normalized spacial score (nSPS) is 13.8. The lowest BCUT2D eigenvalue weighted by Gasteiger charge is -2.30. The van der Waals surface area contributed by atoms with E-state index in [1.807, 2.05) is 21.1 Å². The second-order valence-electron chi connectivity index (χ2n) is 26.3. The van der Waals surface area contributed by atoms with Crippen molar-refractivity contribution in [3.05, 3.63) is 36.5 Å². The van der Waals surface area contributed by atoms with E-state index in [1.54, 1.807) is 0 Å². The summed E-state index contributed by atoms with van der Waals surface area (Å²) in [6.07, 6.45) is 85.1. The zero-order chi connectivity index (χ0) is 59.8. The third kappa shape index (κ3) is 66.2. The number of carbonyl (C=O) groups excluding carboxylic acids is 1. The van der Waals surface area contributed by atoms with Gasteiger partial charge in [0.15, 0.2) is 0 Å². The number of nitrogens with zero attached hydrogens (tertiary/aromatic N) is 1. The third-order valence-corrected chi connectivity index (χ3v) is 17.8. The molecule has 0 spiro atoms. The molecule has 0 aliphatic carbocycles. The molecule has 0 aromatic rings. The molecule has 0 aromatic heterocycles. The Bertz CT molecular complexity index is 1430. The standard InChI is InChI=1S/C73H143N2O6P/c1-6-8-10-12-14-16-18-20-22-24-26-28-30-32-34-36-37-39-40-42-44-46-48-50-52-54-56-58-60-62-64-66-72(76)71(70-81-82(78,79)80-69-68-75(3,4)5)74-73(77)67-65-63-61-59-57-55-53-51-49-47-45-43-41-38-35-33-31-29-27-25-23-21-19-17-15-13-11-9-7-2/h19,21,25,27,31,33,71-72,76H,6-18,20,22-24,26,28-30,32,34-70H2,1-5H3,(H-,74,77,78,79)/b21-19-,27-25-,33-31-. The summed E-state index contributed by atoms with van der Waals surface area (Å²) >= 11 is 0. The molecule has 0 heterocycles. The average molecular weight is 1180 g/mol. The Kier molecular flexibility index (Phi) is 63.2. The molecule has 0 aromatic carbocycles. The van der Waals surface area contributed by atoms with Crippen molar-refractivity contribution in [2.75, 3.05) is 40.9 Å². The number of quaternary nitrogens is 1. The van der Waals surface area contributed by atoms with Crippen molar-refractivity contribution in [1.82, 2.24) is 5.32 Å². The van der Waals surface area contributed by atoms with Crippen molar-refractivity contribution in [1.29, 1.82) is 0 Å². The van der Waals surface area contributed by atoms with E-state index in [1.165, 1.54) is 295 Å². The number of unbranched alkanes of at least 4 members (excludes halogenated alkanes) is 49. The van der Waals surface area contributed by atoms with E-state index in [9.17, 15) is 19.4 Å². The minimum atomic E-state index is -4.58. The number of hydrogen-bond donors (Lipinski definition) is 2. The molecule has 0 saturated carbocycles. The molecule has 8 nitrogen and oxygen atoms in total. The molecule has 0 rings (SSSR count). The number of phosphoric acid groups is 1. The number of carbonyl (C=O) groups is 1. The van der Waals surface area contributed by atoms with Gasteiger partial charge in [-0.3, -0.25) is 9.36 Å². The summed E-state index contributed by atoms with van der Waals surface area (Å²) in [6, 6.07) is -0.803. The lowest BCUT2D eigenvalue weighted by Crippen LogP contribution is -2.46. The Balaban J connectivity index is 4.00. The van der Waals surface area contributed by atoms with Gasteiger partial charge in [-0.05, 0) is 51.4 Å². The van der Waals surface area contributed by atoms with E-state index >= 15 is 0 Å². The molecule has 82 heavy (non-hydrogen) atoms. The van der Waals surface area contributed by atoms with Crippen molar-refractivity contribution in [2.45, 2.75) is 386 Å². The fraction of sp³-hybridized carbons (Fsp3) is 0.904. The van der Waals surface area contributed by atoms with Crippen LogP contribution in [0.2, 0.25) is 0 Å². The topological polar surface area (TPSA) is 108 Å². The number of phosphoric ester groups is 1. The fourth-order valence-electron chi connectivity index (χ4n) is 11.2. The van der Waals surface area contributed by atoms with Crippen molar-refractivity contribution < 1.29 is 32.9 Å². The van der Waals surface area contributed by atoms with Crippen molar-refractivity contribution in [3.8, 4) is 0 Å². The molecule has 486 valence electrons. The summed E-state index contributed by atoms with van der Waals surface area (Å²) in [5.74, 6) is -0.159. The number of likely N-dealkylation sites (N-methyl/N-ethyl adjacent to an activating group) is 1. The van der Waals surface area contributed by atoms with Crippen LogP contribution in [0, 0.1) is 0 Å². The predicted octanol–water partition coefficient (Wildman–Crippen LogP) is 22.6. The van der Waals surface area contributed by atoms with Crippen LogP contribution in [-0.2, 0) is 18.4 Å². The SMILES string of the molecule is CCCCCCC/C=C\C/C=C\C/C=C\CCCCCCCCCCCCCCCCC(=O)NC(COP(=O)([O-])OCC[N+](C)(C)C)C(O)CCCCCCCCCCCCCCCCCCCCCCCCCCCCCCCCC. The van der Waals surface area contributed by atoms with Gasteiger partial charge in [0.05, 0.1) is 39.9 Å². The highest BCUT2D eigenvalue weighted by Crippen LogP contribution is 2.38. The van der Waals surface area contributed by atoms with E-state index in [2.05, 4.69) is 55.6 Å². The zero-order valence-corrected chi connectivity index (χ0v) is 56.6. The molecule has 9 heteroatoms. The summed E-state index contributed by atoms with van der Waals surface area (Å²) in [5.41, 5.74) is 0. The minimum absolute atomic E-state index is 0.0133. The summed E-state index contributed by atoms with van der Waals surface area (Å²) in [7, 11) is 1.32. The number of rotatable bonds is 68. The molecule has 3 atom stereocenters. The summed E-state index contributed by atoms with van der Waals surface area (Å²) < 4.78 is 23.6. The Hall–Kier alpha value is -1.28. The summed E-state index contributed by atoms with van der Waals surface area (Å²) in [5, 5.41) is 14.1. The second-order valence-corrected chi connectivity index (χ2v) is 27.7. The Morgan fingerprint density at radius 2 is 0.707 bits per heavy atom. The smallest absolute Gasteiger partial charge is 0.268 e. The minimum Gasteiger partial charge on any atom is -0.756 e. The molecule has 0 aliphatic heterocycles. The molecular weight excluding hydrogens is 1030 g/mol. The highest BCUT2D eigenvalue weighted by atomic mass is 31.2. The highest BCUT2D eigenvalue weighted by molar-refractivity contribution is 7.45. The summed E-state index contributed by atoms with van der Waals surface area (Å²) in [4.78, 5) is 25.7. The molecule has 0 saturated heterocycles. The third-order valence-electron chi connectivity index (χ3n) is 16.9. The Morgan fingerprint density at radius 1 is 0.427 bits per heavy atom. The molecule has 3 unspecified atom stereocenters. The molecule has 2 N–H and O–H groups in total. The Morgan fingerprint density at radius 3 is 1.02 bits per heavy atom. The first kappa shape index (κ1) is 80.7. The van der Waals surface area contributed by atoms with Crippen LogP contribution in [0.15, 0.2) is 36.5 Å². The van der Waals surface area contributed by atoms with Gasteiger partial charge in [0.1, 0.15) is 13.2 Å². The van der Waals surface area contributed by atoms with Crippen LogP contribution in [0.1, 0.15) is 373 Å². The van der Waals surface area contributed by atoms with Crippen molar-refractivity contribution in [3.63, 3.8) is 0 Å². The fourth-order valence-corrected chi connectivity index (χ4v) is 12.0. The number of nitrogens with one attached hydrogen (secondary N) is 1. The van der Waals surface area contributed by atoms with E-state index < -0.39 is 20.0 Å². The maximum Gasteiger partial charge on any atom is 0.268 e. The van der Waals surface area contributed by atoms with E-state index in [0.717, 1.165) is 51.4 Å². The van der Waals surface area contributed by atoms with Gasteiger partial charge < -0.3 is 28.8 Å². The van der Waals surface area contributed by atoms with E-state index in [-0.39, 0.29) is 19.1 Å². The first-order chi connectivity index (χ1) is 40.0. The molecule has 0 radical (unpaired) electrons. The second kappa shape index (κ2) is 64.2. The van der Waals surface area contributed by atoms with Crippen LogP contribution in [0.25, 0.3) is 0 Å². The van der Waals surface area contributed by atoms with Crippen LogP contribution < -0.4 is 10.2 Å². The van der Waals surface area contributed by atoms with Gasteiger partial charge in [0.2, 0.25) is 5.91 Å². The lowest BCUT2D eigenvalue weighted by molar-refractivity contribution is -0.870. The van der Waals surface area contributed by atoms with E-state index in [4.69, 9.17) is 9.05 Å². The number of aliphatic hydroxyl groups excluding tert-OH is 1. The van der Waals surface area contributed by atoms with Crippen molar-refractivity contribution in [2.24, 2.45) is 0 Å². The summed E-state index contributed by atoms with van der Waals surface area (Å²) in [6.45, 7) is 4.77. The van der Waals surface area contributed by atoms with Crippen LogP contribution in [0.5, 0.6) is 0 Å². The first-order valence-corrected chi connectivity index (χ1v) is 37.8. The predicted molar refractivity (Wildman–Crippen MR) is 358 cm³/mol. The van der Waals surface area contributed by atoms with Gasteiger partial charge in [0.25, 0.3) is 7.82 Å². The van der Waals surface area contributed by atoms with Gasteiger partial charge in [-0.2, -0.15) is 0 Å². The number of allylic oxidation sites excluding steroid dienone is 6. The largest absolute Gasteiger partial charge is 0.756 e. The maximum absolute atomic E-state index is 13.1. The van der Waals surface area contributed by atoms with Gasteiger partial charge in [-0.1, -0.05) is 352 Å². The van der Waals surface area contributed by atoms with E-state index in [0.29, 0.717) is 23.9 Å². The molecule has 1 amide bonds. The monoisotopic (exact) mass is 1180 g/mol. The molecule has 0 fully saturated rings. The number of aliphatic hydroxyl groups is 1. The van der Waals surface area contributed by atoms with Crippen molar-refractivity contribution >= 4 is 13.7 Å². The van der Waals surface area contributed by atoms with Gasteiger partial charge in [-0.15, -0.1) is 0 Å². The maximum atomic E-state index is 13.1. The van der Waals surface area contributed by atoms with Gasteiger partial charge in [-0.25, -0.2) is 0 Å². The lowest BCUT2D eigenvalue weighted by atomic mass is 10.0. The highest BCUT2D eigenvalue weighted by Gasteiger charge is 2.24. The molecule has 0 aliphatic rings. The van der Waals surface area contributed by atoms with Gasteiger partial charge >= 0.3 is 0 Å². The van der Waals surface area contributed by atoms with Crippen LogP contribution >= 0.6 is 7.82 Å². The number of hydrogen-bond acceptors (Lipinski definition) is 6.